The second-order valence-electron chi connectivity index (χ2n) is 4.37. The van der Waals surface area contributed by atoms with Crippen molar-refractivity contribution >= 4 is 6.08 Å². The number of furan rings is 1. The molecule has 1 aliphatic rings. The molecular formula is C15H14O. The van der Waals surface area contributed by atoms with Crippen molar-refractivity contribution in [3.8, 4) is 11.3 Å². The second-order valence-corrected chi connectivity index (χ2v) is 4.37. The molecule has 0 bridgehead atoms. The van der Waals surface area contributed by atoms with Gasteiger partial charge in [0, 0.05) is 5.56 Å². The summed E-state index contributed by atoms with van der Waals surface area (Å²) >= 11 is 0. The zero-order valence-corrected chi connectivity index (χ0v) is 9.58. The number of aryl methyl sites for hydroxylation is 2. The van der Waals surface area contributed by atoms with Crippen LogP contribution in [0.2, 0.25) is 0 Å². The van der Waals surface area contributed by atoms with E-state index in [1.807, 2.05) is 6.07 Å². The van der Waals surface area contributed by atoms with Gasteiger partial charge < -0.3 is 4.42 Å². The summed E-state index contributed by atoms with van der Waals surface area (Å²) < 4.78 is 5.62. The van der Waals surface area contributed by atoms with Gasteiger partial charge in [-0.2, -0.15) is 0 Å². The van der Waals surface area contributed by atoms with E-state index < -0.39 is 0 Å². The first-order valence-corrected chi connectivity index (χ1v) is 5.61. The summed E-state index contributed by atoms with van der Waals surface area (Å²) in [5.74, 6) is 1.01. The molecule has 0 unspecified atom stereocenters. The molecule has 1 aliphatic carbocycles. The first-order chi connectivity index (χ1) is 7.77. The minimum absolute atomic E-state index is 1.01. The van der Waals surface area contributed by atoms with Gasteiger partial charge in [0.1, 0.15) is 5.76 Å². The first kappa shape index (κ1) is 9.46. The van der Waals surface area contributed by atoms with E-state index in [1.165, 1.54) is 27.8 Å². The van der Waals surface area contributed by atoms with Crippen LogP contribution in [0.25, 0.3) is 17.4 Å². The third kappa shape index (κ3) is 1.25. The van der Waals surface area contributed by atoms with Crippen molar-refractivity contribution in [2.24, 2.45) is 0 Å². The van der Waals surface area contributed by atoms with Crippen molar-refractivity contribution in [1.29, 1.82) is 0 Å². The minimum atomic E-state index is 1.01. The monoisotopic (exact) mass is 210 g/mol. The van der Waals surface area contributed by atoms with Crippen molar-refractivity contribution in [1.82, 2.24) is 0 Å². The number of hydrogen-bond donors (Lipinski definition) is 0. The largest absolute Gasteiger partial charge is 0.464 e. The Balaban J connectivity index is 2.32. The maximum atomic E-state index is 5.62. The molecule has 2 aromatic rings. The van der Waals surface area contributed by atoms with Gasteiger partial charge in [-0.1, -0.05) is 24.3 Å². The maximum absolute atomic E-state index is 5.62. The topological polar surface area (TPSA) is 13.1 Å². The van der Waals surface area contributed by atoms with Gasteiger partial charge in [0.05, 0.1) is 6.26 Å². The van der Waals surface area contributed by atoms with Crippen LogP contribution in [0.3, 0.4) is 0 Å². The molecule has 1 aromatic carbocycles. The smallest absolute Gasteiger partial charge is 0.137 e. The van der Waals surface area contributed by atoms with Crippen molar-refractivity contribution in [2.45, 2.75) is 20.3 Å². The highest BCUT2D eigenvalue weighted by Gasteiger charge is 2.17. The van der Waals surface area contributed by atoms with Crippen molar-refractivity contribution in [3.63, 3.8) is 0 Å². The predicted molar refractivity (Wildman–Crippen MR) is 66.4 cm³/mol. The number of hydrogen-bond acceptors (Lipinski definition) is 1. The summed E-state index contributed by atoms with van der Waals surface area (Å²) in [5, 5.41) is 0. The summed E-state index contributed by atoms with van der Waals surface area (Å²) in [6.07, 6.45) is 7.23. The molecule has 0 atom stereocenters. The SMILES string of the molecule is Cc1ccoc1-c1c(C)ccc2c1C=CC2. The molecule has 0 aliphatic heterocycles. The first-order valence-electron chi connectivity index (χ1n) is 5.61. The van der Waals surface area contributed by atoms with Crippen LogP contribution in [0.15, 0.2) is 35.0 Å². The van der Waals surface area contributed by atoms with Gasteiger partial charge in [-0.15, -0.1) is 0 Å². The van der Waals surface area contributed by atoms with Gasteiger partial charge in [-0.25, -0.2) is 0 Å². The lowest BCUT2D eigenvalue weighted by atomic mass is 9.95. The zero-order chi connectivity index (χ0) is 11.1. The Labute approximate surface area is 95.4 Å². The summed E-state index contributed by atoms with van der Waals surface area (Å²) in [6, 6.07) is 6.42. The quantitative estimate of drug-likeness (QED) is 0.689. The van der Waals surface area contributed by atoms with Crippen LogP contribution in [0.4, 0.5) is 0 Å². The maximum Gasteiger partial charge on any atom is 0.137 e. The van der Waals surface area contributed by atoms with Gasteiger partial charge >= 0.3 is 0 Å². The standard InChI is InChI=1S/C15H14O/c1-10-6-7-12-4-3-5-13(12)14(10)15-11(2)8-9-16-15/h3,5-9H,4H2,1-2H3. The Kier molecular flexibility index (Phi) is 2.00. The molecule has 1 heteroatoms. The van der Waals surface area contributed by atoms with E-state index in [2.05, 4.69) is 38.1 Å². The summed E-state index contributed by atoms with van der Waals surface area (Å²) in [6.45, 7) is 4.24. The van der Waals surface area contributed by atoms with Crippen molar-refractivity contribution in [2.75, 3.05) is 0 Å². The van der Waals surface area contributed by atoms with E-state index >= 15 is 0 Å². The van der Waals surface area contributed by atoms with Gasteiger partial charge in [-0.05, 0) is 48.6 Å². The van der Waals surface area contributed by atoms with E-state index in [4.69, 9.17) is 4.42 Å². The Hall–Kier alpha value is -1.76. The van der Waals surface area contributed by atoms with Gasteiger partial charge in [0.2, 0.25) is 0 Å². The van der Waals surface area contributed by atoms with Crippen molar-refractivity contribution in [3.05, 3.63) is 52.8 Å². The van der Waals surface area contributed by atoms with Gasteiger partial charge in [0.15, 0.2) is 0 Å². The van der Waals surface area contributed by atoms with Crippen LogP contribution in [-0.2, 0) is 6.42 Å². The van der Waals surface area contributed by atoms with E-state index in [0.717, 1.165) is 12.2 Å². The summed E-state index contributed by atoms with van der Waals surface area (Å²) in [4.78, 5) is 0. The van der Waals surface area contributed by atoms with Crippen LogP contribution < -0.4 is 0 Å². The molecule has 0 saturated heterocycles. The summed E-state index contributed by atoms with van der Waals surface area (Å²) in [7, 11) is 0. The molecule has 80 valence electrons. The average Bonchev–Trinajstić information content (AvgIpc) is 2.87. The zero-order valence-electron chi connectivity index (χ0n) is 9.58. The van der Waals surface area contributed by atoms with E-state index in [9.17, 15) is 0 Å². The third-order valence-corrected chi connectivity index (χ3v) is 3.26. The van der Waals surface area contributed by atoms with Crippen molar-refractivity contribution < 1.29 is 4.42 Å². The minimum Gasteiger partial charge on any atom is -0.464 e. The highest BCUT2D eigenvalue weighted by molar-refractivity contribution is 5.80. The van der Waals surface area contributed by atoms with Crippen LogP contribution in [0.5, 0.6) is 0 Å². The Morgan fingerprint density at radius 2 is 1.94 bits per heavy atom. The molecule has 1 aromatic heterocycles. The fraction of sp³-hybridized carbons (Fsp3) is 0.200. The molecule has 0 N–H and O–H groups in total. The average molecular weight is 210 g/mol. The molecule has 16 heavy (non-hydrogen) atoms. The molecule has 0 spiro atoms. The lowest BCUT2D eigenvalue weighted by molar-refractivity contribution is 0.580. The molecule has 0 fully saturated rings. The highest BCUT2D eigenvalue weighted by atomic mass is 16.3. The van der Waals surface area contributed by atoms with Crippen LogP contribution >= 0.6 is 0 Å². The fourth-order valence-electron chi connectivity index (χ4n) is 2.37. The third-order valence-electron chi connectivity index (χ3n) is 3.26. The Bertz CT molecular complexity index is 573. The second kappa shape index (κ2) is 3.38. The molecular weight excluding hydrogens is 196 g/mol. The predicted octanol–water partition coefficient (Wildman–Crippen LogP) is 4.13. The van der Waals surface area contributed by atoms with Crippen LogP contribution in [-0.4, -0.2) is 0 Å². The Morgan fingerprint density at radius 3 is 2.69 bits per heavy atom. The normalized spacial score (nSPS) is 13.1. The van der Waals surface area contributed by atoms with Crippen LogP contribution in [0, 0.1) is 13.8 Å². The number of benzene rings is 1. The van der Waals surface area contributed by atoms with E-state index in [-0.39, 0.29) is 0 Å². The highest BCUT2D eigenvalue weighted by Crippen LogP contribution is 2.36. The Morgan fingerprint density at radius 1 is 1.06 bits per heavy atom. The van der Waals surface area contributed by atoms with Gasteiger partial charge in [-0.3, -0.25) is 0 Å². The summed E-state index contributed by atoms with van der Waals surface area (Å²) in [5.41, 5.74) is 6.48. The molecule has 0 amide bonds. The lowest BCUT2D eigenvalue weighted by Gasteiger charge is -2.10. The molecule has 3 rings (SSSR count). The lowest BCUT2D eigenvalue weighted by Crippen LogP contribution is -1.91. The van der Waals surface area contributed by atoms with E-state index in [1.54, 1.807) is 6.26 Å². The van der Waals surface area contributed by atoms with Crippen LogP contribution in [0.1, 0.15) is 22.3 Å². The van der Waals surface area contributed by atoms with E-state index in [0.29, 0.717) is 0 Å². The molecule has 0 radical (unpaired) electrons. The molecule has 0 saturated carbocycles. The van der Waals surface area contributed by atoms with Gasteiger partial charge in [0.25, 0.3) is 0 Å². The number of fused-ring (bicyclic) bond motifs is 1. The number of rotatable bonds is 1. The fourth-order valence-corrected chi connectivity index (χ4v) is 2.37. The molecule has 1 heterocycles. The molecule has 1 nitrogen and oxygen atoms in total. The number of allylic oxidation sites excluding steroid dienone is 1.